The zero-order valence-corrected chi connectivity index (χ0v) is 24.3. The standard InChI is InChI=1S/C31H31FN8O3/c1-19-11-12-34-29(37-19)42-23-10-9-20(16-21(23)32)25-22-17-38(14-15-39(22)28-26(25)27(33)35-18-36-28)24-8-6-5-7-13-40(24)30(41)43-31(2,3)4/h5-13,16,18H,14-15,17H2,1-4H3,(H2,33,35,36). The van der Waals surface area contributed by atoms with E-state index >= 15 is 4.39 Å². The lowest BCUT2D eigenvalue weighted by Gasteiger charge is -2.36. The number of hydrogen-bond acceptors (Lipinski definition) is 9. The minimum atomic E-state index is -0.668. The van der Waals surface area contributed by atoms with E-state index in [-0.39, 0.29) is 17.6 Å². The van der Waals surface area contributed by atoms with Crippen molar-refractivity contribution in [1.82, 2.24) is 34.3 Å². The first-order valence-corrected chi connectivity index (χ1v) is 13.8. The zero-order chi connectivity index (χ0) is 30.3. The number of nitrogen functional groups attached to an aromatic ring is 1. The van der Waals surface area contributed by atoms with Crippen LogP contribution in [0.15, 0.2) is 73.1 Å². The maximum atomic E-state index is 15.5. The van der Waals surface area contributed by atoms with Crippen molar-refractivity contribution in [1.29, 1.82) is 0 Å². The van der Waals surface area contributed by atoms with Crippen molar-refractivity contribution in [2.24, 2.45) is 0 Å². The maximum Gasteiger partial charge on any atom is 0.420 e. The highest BCUT2D eigenvalue weighted by atomic mass is 19.1. The van der Waals surface area contributed by atoms with Crippen LogP contribution in [0.1, 0.15) is 32.2 Å². The Morgan fingerprint density at radius 1 is 1.07 bits per heavy atom. The van der Waals surface area contributed by atoms with Crippen LogP contribution >= 0.6 is 0 Å². The molecule has 220 valence electrons. The third kappa shape index (κ3) is 5.51. The van der Waals surface area contributed by atoms with Gasteiger partial charge < -0.3 is 24.7 Å². The van der Waals surface area contributed by atoms with Crippen LogP contribution in [0.25, 0.3) is 22.2 Å². The fourth-order valence-electron chi connectivity index (χ4n) is 5.17. The molecule has 2 N–H and O–H groups in total. The first-order chi connectivity index (χ1) is 20.6. The van der Waals surface area contributed by atoms with Gasteiger partial charge in [-0.2, -0.15) is 0 Å². The SMILES string of the molecule is Cc1ccnc(Oc2ccc(-c3c4n(c5ncnc(N)c35)CCN(C3=CC=CC=CN3C(=O)OC(C)(C)C)C4)cc2F)n1. The lowest BCUT2D eigenvalue weighted by atomic mass is 10.0. The van der Waals surface area contributed by atoms with E-state index in [9.17, 15) is 4.79 Å². The summed E-state index contributed by atoms with van der Waals surface area (Å²) in [6.45, 7) is 8.79. The fourth-order valence-corrected chi connectivity index (χ4v) is 5.17. The Kier molecular flexibility index (Phi) is 7.04. The van der Waals surface area contributed by atoms with Crippen LogP contribution in [0, 0.1) is 12.7 Å². The molecule has 5 heterocycles. The van der Waals surface area contributed by atoms with Crippen molar-refractivity contribution in [2.45, 2.75) is 46.4 Å². The monoisotopic (exact) mass is 582 g/mol. The van der Waals surface area contributed by atoms with Gasteiger partial charge in [-0.25, -0.2) is 34.0 Å². The second kappa shape index (κ2) is 10.9. The number of carbonyl (C=O) groups excluding carboxylic acids is 1. The van der Waals surface area contributed by atoms with Crippen LogP contribution in [0.2, 0.25) is 0 Å². The molecule has 4 aromatic rings. The molecule has 2 aliphatic heterocycles. The summed E-state index contributed by atoms with van der Waals surface area (Å²) in [5, 5.41) is 0.632. The molecular formula is C31H31FN8O3. The molecule has 0 saturated carbocycles. The van der Waals surface area contributed by atoms with Gasteiger partial charge in [-0.05, 0) is 63.6 Å². The summed E-state index contributed by atoms with van der Waals surface area (Å²) >= 11 is 0. The van der Waals surface area contributed by atoms with Gasteiger partial charge >= 0.3 is 12.1 Å². The molecule has 12 heteroatoms. The van der Waals surface area contributed by atoms with Gasteiger partial charge in [0.05, 0.1) is 11.9 Å². The van der Waals surface area contributed by atoms with Gasteiger partial charge in [0.2, 0.25) is 0 Å². The molecule has 43 heavy (non-hydrogen) atoms. The lowest BCUT2D eigenvalue weighted by Crippen LogP contribution is -2.42. The highest BCUT2D eigenvalue weighted by Crippen LogP contribution is 2.41. The first kappa shape index (κ1) is 27.9. The molecule has 2 aliphatic rings. The number of benzene rings is 1. The molecule has 0 saturated heterocycles. The molecular weight excluding hydrogens is 551 g/mol. The largest absolute Gasteiger partial charge is 0.443 e. The van der Waals surface area contributed by atoms with E-state index in [1.165, 1.54) is 17.3 Å². The highest BCUT2D eigenvalue weighted by molar-refractivity contribution is 6.02. The molecule has 11 nitrogen and oxygen atoms in total. The number of carbonyl (C=O) groups is 1. The number of aromatic nitrogens is 5. The van der Waals surface area contributed by atoms with Gasteiger partial charge in [0, 0.05) is 42.4 Å². The number of hydrogen-bond donors (Lipinski definition) is 1. The van der Waals surface area contributed by atoms with E-state index in [1.807, 2.05) is 39.0 Å². The number of aryl methyl sites for hydroxylation is 1. The zero-order valence-electron chi connectivity index (χ0n) is 24.3. The van der Waals surface area contributed by atoms with E-state index in [2.05, 4.69) is 29.4 Å². The summed E-state index contributed by atoms with van der Waals surface area (Å²) in [5.74, 6) is 0.343. The number of allylic oxidation sites excluding steroid dienone is 4. The van der Waals surface area contributed by atoms with Crippen molar-refractivity contribution < 1.29 is 18.7 Å². The maximum absolute atomic E-state index is 15.5. The van der Waals surface area contributed by atoms with E-state index in [0.29, 0.717) is 53.3 Å². The Hall–Kier alpha value is -5.26. The molecule has 1 amide bonds. The summed E-state index contributed by atoms with van der Waals surface area (Å²) in [7, 11) is 0. The van der Waals surface area contributed by atoms with Crippen molar-refractivity contribution in [3.8, 4) is 22.9 Å². The summed E-state index contributed by atoms with van der Waals surface area (Å²) < 4.78 is 28.9. The Morgan fingerprint density at radius 2 is 1.91 bits per heavy atom. The Morgan fingerprint density at radius 3 is 2.67 bits per heavy atom. The molecule has 1 aromatic carbocycles. The second-order valence-corrected chi connectivity index (χ2v) is 11.2. The molecule has 0 radical (unpaired) electrons. The molecule has 0 fully saturated rings. The second-order valence-electron chi connectivity index (χ2n) is 11.2. The van der Waals surface area contributed by atoms with Gasteiger partial charge in [-0.1, -0.05) is 18.2 Å². The van der Waals surface area contributed by atoms with Gasteiger partial charge in [-0.3, -0.25) is 0 Å². The third-order valence-electron chi connectivity index (χ3n) is 6.97. The smallest absolute Gasteiger partial charge is 0.420 e. The highest BCUT2D eigenvalue weighted by Gasteiger charge is 2.32. The fraction of sp³-hybridized carbons (Fsp3) is 0.258. The van der Waals surface area contributed by atoms with Crippen molar-refractivity contribution in [2.75, 3.05) is 12.3 Å². The third-order valence-corrected chi connectivity index (χ3v) is 6.97. The van der Waals surface area contributed by atoms with E-state index in [4.69, 9.17) is 15.2 Å². The molecule has 6 rings (SSSR count). The predicted octanol–water partition coefficient (Wildman–Crippen LogP) is 5.69. The van der Waals surface area contributed by atoms with E-state index in [0.717, 1.165) is 5.69 Å². The van der Waals surface area contributed by atoms with E-state index in [1.54, 1.807) is 43.6 Å². The van der Waals surface area contributed by atoms with Crippen LogP contribution in [-0.2, 0) is 17.8 Å². The molecule has 0 atom stereocenters. The molecule has 0 unspecified atom stereocenters. The average Bonchev–Trinajstić information content (AvgIpc) is 3.09. The molecule has 0 spiro atoms. The van der Waals surface area contributed by atoms with Crippen LogP contribution in [-0.4, -0.2) is 52.5 Å². The molecule has 0 aliphatic carbocycles. The lowest BCUT2D eigenvalue weighted by molar-refractivity contribution is 0.0326. The van der Waals surface area contributed by atoms with Crippen LogP contribution < -0.4 is 10.5 Å². The quantitative estimate of drug-likeness (QED) is 0.323. The van der Waals surface area contributed by atoms with Gasteiger partial charge in [-0.15, -0.1) is 0 Å². The Bertz CT molecular complexity index is 1820. The number of nitrogens with zero attached hydrogens (tertiary/aromatic N) is 7. The van der Waals surface area contributed by atoms with Gasteiger partial charge in [0.15, 0.2) is 11.6 Å². The first-order valence-electron chi connectivity index (χ1n) is 13.8. The molecule has 0 bridgehead atoms. The van der Waals surface area contributed by atoms with Gasteiger partial charge in [0.25, 0.3) is 0 Å². The Labute approximate surface area is 247 Å². The van der Waals surface area contributed by atoms with Crippen LogP contribution in [0.5, 0.6) is 11.8 Å². The summed E-state index contributed by atoms with van der Waals surface area (Å²) in [5.41, 5.74) is 9.23. The number of amides is 1. The van der Waals surface area contributed by atoms with E-state index < -0.39 is 17.5 Å². The normalized spacial score (nSPS) is 14.9. The summed E-state index contributed by atoms with van der Waals surface area (Å²) in [6, 6.07) is 6.49. The summed E-state index contributed by atoms with van der Waals surface area (Å²) in [6.07, 6.45) is 11.5. The number of ether oxygens (including phenoxy) is 2. The number of fused-ring (bicyclic) bond motifs is 3. The number of nitrogens with two attached hydrogens (primary N) is 1. The minimum Gasteiger partial charge on any atom is -0.443 e. The number of anilines is 1. The number of halogens is 1. The van der Waals surface area contributed by atoms with Crippen molar-refractivity contribution in [3.05, 3.63) is 90.3 Å². The summed E-state index contributed by atoms with van der Waals surface area (Å²) in [4.78, 5) is 33.8. The Balaban J connectivity index is 1.40. The van der Waals surface area contributed by atoms with Crippen molar-refractivity contribution in [3.63, 3.8) is 0 Å². The minimum absolute atomic E-state index is 0.00670. The average molecular weight is 583 g/mol. The topological polar surface area (TPSA) is 125 Å². The van der Waals surface area contributed by atoms with Gasteiger partial charge in [0.1, 0.15) is 29.2 Å². The van der Waals surface area contributed by atoms with Crippen molar-refractivity contribution >= 4 is 22.9 Å². The number of rotatable bonds is 4. The predicted molar refractivity (Wildman–Crippen MR) is 159 cm³/mol. The van der Waals surface area contributed by atoms with Crippen LogP contribution in [0.4, 0.5) is 15.0 Å². The molecule has 3 aromatic heterocycles. The van der Waals surface area contributed by atoms with Crippen LogP contribution in [0.3, 0.4) is 0 Å².